The Balaban J connectivity index is 1.35. The summed E-state index contributed by atoms with van der Waals surface area (Å²) in [6.45, 7) is 0.427. The van der Waals surface area contributed by atoms with Crippen molar-refractivity contribution < 1.29 is 32.2 Å². The number of ether oxygens (including phenoxy) is 2. The van der Waals surface area contributed by atoms with E-state index in [4.69, 9.17) is 9.47 Å². The Morgan fingerprint density at radius 2 is 2.03 bits per heavy atom. The predicted octanol–water partition coefficient (Wildman–Crippen LogP) is 2.33. The van der Waals surface area contributed by atoms with Crippen molar-refractivity contribution in [3.63, 3.8) is 0 Å². The fraction of sp³-hybridized carbons (Fsp3) is 0.652. The van der Waals surface area contributed by atoms with Crippen molar-refractivity contribution in [1.82, 2.24) is 15.5 Å². The molecule has 5 unspecified atom stereocenters. The number of hydrogen-bond acceptors (Lipinski definition) is 5. The van der Waals surface area contributed by atoms with Crippen LogP contribution in [0.3, 0.4) is 0 Å². The van der Waals surface area contributed by atoms with Crippen LogP contribution in [0.5, 0.6) is 5.75 Å². The Kier molecular flexibility index (Phi) is 3.44. The fourth-order valence-corrected chi connectivity index (χ4v) is 8.56. The molecule has 176 valence electrons. The summed E-state index contributed by atoms with van der Waals surface area (Å²) in [5, 5.41) is 5.29. The number of urea groups is 1. The standard InChI is InChI=1S/C23H24F3N3O4/c1-32-12-2-3-13-14(8-12)20-9-19(13)11-29(7-6-23(24,25)26)16-15(19)22(20,33-16)5-4-21(10-20)17(30)27-18(31)28-21/h2-3,8,15-16H,4-7,9-11H2,1H3,(H2,27,28,30,31)/t15?,16?,19?,20?,21-,22?/m0/s1. The zero-order valence-corrected chi connectivity index (χ0v) is 18.1. The molecular formula is C23H24F3N3O4. The molecule has 1 aromatic rings. The number of fused-ring (bicyclic) bond motifs is 1. The Hall–Kier alpha value is -2.33. The lowest BCUT2D eigenvalue weighted by Gasteiger charge is -2.65. The maximum Gasteiger partial charge on any atom is 0.390 e. The van der Waals surface area contributed by atoms with Crippen LogP contribution in [0.25, 0.3) is 0 Å². The van der Waals surface area contributed by atoms with Gasteiger partial charge in [0.15, 0.2) is 0 Å². The predicted molar refractivity (Wildman–Crippen MR) is 108 cm³/mol. The lowest BCUT2D eigenvalue weighted by Crippen LogP contribution is -2.74. The number of rotatable bonds is 3. The Bertz CT molecular complexity index is 1130. The van der Waals surface area contributed by atoms with E-state index in [1.54, 1.807) is 7.11 Å². The number of nitrogens with one attached hydrogen (secondary N) is 2. The summed E-state index contributed by atoms with van der Waals surface area (Å²) in [4.78, 5) is 26.8. The first kappa shape index (κ1) is 20.1. The molecule has 3 amide bonds. The van der Waals surface area contributed by atoms with Gasteiger partial charge in [-0.25, -0.2) is 4.79 Å². The normalized spacial score (nSPS) is 44.2. The number of methoxy groups -OCH3 is 1. The van der Waals surface area contributed by atoms with Gasteiger partial charge < -0.3 is 14.8 Å². The average Bonchev–Trinajstić information content (AvgIpc) is 3.31. The highest BCUT2D eigenvalue weighted by Crippen LogP contribution is 2.81. The summed E-state index contributed by atoms with van der Waals surface area (Å²) in [6.07, 6.45) is -3.26. The van der Waals surface area contributed by atoms with E-state index < -0.39 is 35.2 Å². The van der Waals surface area contributed by atoms with Gasteiger partial charge >= 0.3 is 12.2 Å². The molecule has 5 fully saturated rings. The van der Waals surface area contributed by atoms with E-state index in [-0.39, 0.29) is 30.0 Å². The first-order valence-corrected chi connectivity index (χ1v) is 11.4. The third-order valence-electron chi connectivity index (χ3n) is 9.49. The number of carbonyl (C=O) groups excluding carboxylic acids is 2. The molecule has 3 aliphatic heterocycles. The Morgan fingerprint density at radius 1 is 1.21 bits per heavy atom. The molecule has 2 N–H and O–H groups in total. The van der Waals surface area contributed by atoms with E-state index in [9.17, 15) is 22.8 Å². The van der Waals surface area contributed by atoms with Crippen LogP contribution in [0.15, 0.2) is 18.2 Å². The lowest BCUT2D eigenvalue weighted by atomic mass is 9.50. The van der Waals surface area contributed by atoms with Crippen molar-refractivity contribution in [2.24, 2.45) is 5.92 Å². The summed E-state index contributed by atoms with van der Waals surface area (Å²) < 4.78 is 51.1. The minimum absolute atomic E-state index is 0.0800. The molecular weight excluding hydrogens is 439 g/mol. The van der Waals surface area contributed by atoms with Gasteiger partial charge in [-0.1, -0.05) is 6.07 Å². The van der Waals surface area contributed by atoms with Crippen molar-refractivity contribution >= 4 is 11.9 Å². The second-order valence-corrected chi connectivity index (χ2v) is 10.7. The van der Waals surface area contributed by atoms with Gasteiger partial charge in [0, 0.05) is 29.8 Å². The highest BCUT2D eigenvalue weighted by atomic mass is 19.4. The number of nitrogens with zero attached hydrogens (tertiary/aromatic N) is 1. The summed E-state index contributed by atoms with van der Waals surface area (Å²) >= 11 is 0. The summed E-state index contributed by atoms with van der Waals surface area (Å²) in [7, 11) is 1.60. The van der Waals surface area contributed by atoms with Crippen molar-refractivity contribution in [3.8, 4) is 5.75 Å². The summed E-state index contributed by atoms with van der Waals surface area (Å²) in [5.74, 6) is 0.472. The molecule has 7 nitrogen and oxygen atoms in total. The number of benzene rings is 1. The van der Waals surface area contributed by atoms with Gasteiger partial charge in [0.2, 0.25) is 0 Å². The molecule has 0 aromatic heterocycles. The van der Waals surface area contributed by atoms with E-state index in [2.05, 4.69) is 10.6 Å². The van der Waals surface area contributed by atoms with Crippen LogP contribution in [0.4, 0.5) is 18.0 Å². The first-order valence-electron chi connectivity index (χ1n) is 11.4. The molecule has 6 aliphatic rings. The second kappa shape index (κ2) is 5.66. The Labute approximate surface area is 188 Å². The molecule has 3 saturated heterocycles. The number of hydrogen-bond donors (Lipinski definition) is 2. The van der Waals surface area contributed by atoms with Gasteiger partial charge in [-0.3, -0.25) is 15.0 Å². The number of alkyl halides is 3. The van der Waals surface area contributed by atoms with Crippen LogP contribution < -0.4 is 15.4 Å². The number of imide groups is 1. The summed E-state index contributed by atoms with van der Waals surface area (Å²) in [6, 6.07) is 5.48. The molecule has 3 aliphatic carbocycles. The van der Waals surface area contributed by atoms with Gasteiger partial charge in [-0.05, 0) is 48.9 Å². The van der Waals surface area contributed by atoms with E-state index >= 15 is 0 Å². The van der Waals surface area contributed by atoms with Crippen LogP contribution in [0, 0.1) is 5.92 Å². The van der Waals surface area contributed by atoms with Crippen molar-refractivity contribution in [1.29, 1.82) is 0 Å². The van der Waals surface area contributed by atoms with Crippen LogP contribution in [0.1, 0.15) is 43.2 Å². The molecule has 7 rings (SSSR count). The zero-order valence-electron chi connectivity index (χ0n) is 18.1. The van der Waals surface area contributed by atoms with E-state index in [0.29, 0.717) is 38.0 Å². The minimum Gasteiger partial charge on any atom is -0.497 e. The molecule has 0 radical (unpaired) electrons. The second-order valence-electron chi connectivity index (χ2n) is 10.7. The highest BCUT2D eigenvalue weighted by Gasteiger charge is 2.87. The molecule has 6 atom stereocenters. The van der Waals surface area contributed by atoms with E-state index in [1.807, 2.05) is 23.1 Å². The smallest absolute Gasteiger partial charge is 0.390 e. The molecule has 10 heteroatoms. The molecule has 2 bridgehead atoms. The number of halogens is 3. The van der Waals surface area contributed by atoms with Gasteiger partial charge in [0.05, 0.1) is 19.1 Å². The number of carbonyl (C=O) groups is 2. The maximum absolute atomic E-state index is 13.0. The van der Waals surface area contributed by atoms with Gasteiger partial charge in [-0.2, -0.15) is 13.2 Å². The third-order valence-corrected chi connectivity index (χ3v) is 9.49. The fourth-order valence-electron chi connectivity index (χ4n) is 8.56. The number of likely N-dealkylation sites (tertiary alicyclic amines) is 1. The Morgan fingerprint density at radius 3 is 2.73 bits per heavy atom. The van der Waals surface area contributed by atoms with Crippen LogP contribution in [-0.2, 0) is 20.4 Å². The minimum atomic E-state index is -4.22. The quantitative estimate of drug-likeness (QED) is 0.673. The zero-order chi connectivity index (χ0) is 23.0. The number of amides is 3. The topological polar surface area (TPSA) is 79.9 Å². The third kappa shape index (κ3) is 2.11. The summed E-state index contributed by atoms with van der Waals surface area (Å²) in [5.41, 5.74) is -0.154. The van der Waals surface area contributed by atoms with Crippen LogP contribution in [-0.4, -0.2) is 60.6 Å². The van der Waals surface area contributed by atoms with Gasteiger partial charge in [0.25, 0.3) is 5.91 Å². The molecule has 4 spiro atoms. The van der Waals surface area contributed by atoms with E-state index in [1.165, 1.54) is 0 Å². The molecule has 2 saturated carbocycles. The first-order chi connectivity index (χ1) is 15.6. The molecule has 1 aromatic carbocycles. The largest absolute Gasteiger partial charge is 0.497 e. The van der Waals surface area contributed by atoms with Gasteiger partial charge in [0.1, 0.15) is 17.5 Å². The monoisotopic (exact) mass is 463 g/mol. The van der Waals surface area contributed by atoms with Crippen molar-refractivity contribution in [2.45, 2.75) is 66.5 Å². The van der Waals surface area contributed by atoms with Crippen molar-refractivity contribution in [2.75, 3.05) is 20.2 Å². The van der Waals surface area contributed by atoms with Gasteiger partial charge in [-0.15, -0.1) is 0 Å². The molecule has 33 heavy (non-hydrogen) atoms. The van der Waals surface area contributed by atoms with Crippen LogP contribution in [0.2, 0.25) is 0 Å². The SMILES string of the molecule is COc1ccc2c(c1)C13CC24CN(CCC(F)(F)F)C2OC1(CC[C@@]1(C3)NC(=O)NC1=O)C24. The maximum atomic E-state index is 13.0. The highest BCUT2D eigenvalue weighted by molar-refractivity contribution is 6.07. The lowest BCUT2D eigenvalue weighted by molar-refractivity contribution is -0.319. The average molecular weight is 463 g/mol. The van der Waals surface area contributed by atoms with E-state index in [0.717, 1.165) is 11.1 Å². The molecule has 3 heterocycles. The van der Waals surface area contributed by atoms with Crippen molar-refractivity contribution in [3.05, 3.63) is 29.3 Å². The van der Waals surface area contributed by atoms with Crippen LogP contribution >= 0.6 is 0 Å².